The molecule has 0 saturated carbocycles. The summed E-state index contributed by atoms with van der Waals surface area (Å²) in [5, 5.41) is 4.86. The fourth-order valence-corrected chi connectivity index (χ4v) is 2.10. The Kier molecular flexibility index (Phi) is 4.32. The van der Waals surface area contributed by atoms with E-state index in [1.165, 1.54) is 10.4 Å². The average molecular weight is 215 g/mol. The van der Waals surface area contributed by atoms with Crippen LogP contribution in [0.1, 0.15) is 17.4 Å². The quantitative estimate of drug-likeness (QED) is 0.738. The first-order valence-electron chi connectivity index (χ1n) is 4.20. The highest BCUT2D eigenvalue weighted by Crippen LogP contribution is 2.16. The van der Waals surface area contributed by atoms with Gasteiger partial charge in [0.05, 0.1) is 12.3 Å². The van der Waals surface area contributed by atoms with Gasteiger partial charge in [-0.1, -0.05) is 6.92 Å². The summed E-state index contributed by atoms with van der Waals surface area (Å²) < 4.78 is 0. The van der Waals surface area contributed by atoms with E-state index in [9.17, 15) is 4.79 Å². The molecule has 0 spiro atoms. The molecule has 0 aliphatic carbocycles. The van der Waals surface area contributed by atoms with Crippen molar-refractivity contribution in [1.82, 2.24) is 5.32 Å². The lowest BCUT2D eigenvalue weighted by Crippen LogP contribution is -2.23. The van der Waals surface area contributed by atoms with Crippen LogP contribution in [0.5, 0.6) is 0 Å². The highest BCUT2D eigenvalue weighted by molar-refractivity contribution is 7.81. The zero-order chi connectivity index (χ0) is 9.68. The molecule has 0 radical (unpaired) electrons. The molecule has 0 bridgehead atoms. The second kappa shape index (κ2) is 5.29. The molecule has 1 N–H and O–H groups in total. The minimum Gasteiger partial charge on any atom is -0.350 e. The van der Waals surface area contributed by atoms with Crippen LogP contribution < -0.4 is 5.32 Å². The third kappa shape index (κ3) is 3.04. The van der Waals surface area contributed by atoms with Crippen LogP contribution in [0.2, 0.25) is 0 Å². The number of thiophene rings is 1. The van der Waals surface area contributed by atoms with Crippen LogP contribution in [-0.2, 0) is 17.8 Å². The van der Waals surface area contributed by atoms with Gasteiger partial charge in [0, 0.05) is 4.88 Å². The monoisotopic (exact) mass is 215 g/mol. The van der Waals surface area contributed by atoms with Crippen LogP contribution in [0, 0.1) is 0 Å². The normalized spacial score (nSPS) is 10.0. The fourth-order valence-electron chi connectivity index (χ4n) is 1.07. The minimum absolute atomic E-state index is 0.0150. The minimum atomic E-state index is -0.0150. The summed E-state index contributed by atoms with van der Waals surface area (Å²) in [6.07, 6.45) is 1.02. The van der Waals surface area contributed by atoms with Crippen LogP contribution in [-0.4, -0.2) is 11.7 Å². The summed E-state index contributed by atoms with van der Waals surface area (Å²) in [7, 11) is 0. The number of rotatable bonds is 4. The predicted octanol–water partition coefficient (Wildman–Crippen LogP) is 1.86. The van der Waals surface area contributed by atoms with Crippen molar-refractivity contribution in [2.24, 2.45) is 0 Å². The summed E-state index contributed by atoms with van der Waals surface area (Å²) in [4.78, 5) is 12.2. The molecule has 0 saturated heterocycles. The van der Waals surface area contributed by atoms with E-state index in [2.05, 4.69) is 36.3 Å². The lowest BCUT2D eigenvalue weighted by atomic mass is 10.2. The molecule has 0 aliphatic heterocycles. The topological polar surface area (TPSA) is 29.1 Å². The number of hydrogen-bond donors (Lipinski definition) is 2. The molecule has 1 aromatic rings. The van der Waals surface area contributed by atoms with Crippen molar-refractivity contribution in [3.05, 3.63) is 21.9 Å². The maximum absolute atomic E-state index is 10.9. The standard InChI is InChI=1S/C9H13NOS2/c1-2-7-3-4-13-8(7)5-10-9(11)6-12/h3-4,12H,2,5-6H2,1H3,(H,10,11). The molecule has 2 nitrogen and oxygen atoms in total. The molecule has 0 fully saturated rings. The SMILES string of the molecule is CCc1ccsc1CNC(=O)CS. The van der Waals surface area contributed by atoms with Gasteiger partial charge >= 0.3 is 0 Å². The zero-order valence-corrected chi connectivity index (χ0v) is 9.25. The molecule has 72 valence electrons. The smallest absolute Gasteiger partial charge is 0.230 e. The molecule has 13 heavy (non-hydrogen) atoms. The molecular formula is C9H13NOS2. The molecule has 0 aromatic carbocycles. The molecule has 1 amide bonds. The Morgan fingerprint density at radius 1 is 1.69 bits per heavy atom. The molecule has 4 heteroatoms. The second-order valence-corrected chi connectivity index (χ2v) is 3.97. The first-order chi connectivity index (χ1) is 6.27. The highest BCUT2D eigenvalue weighted by Gasteiger charge is 2.03. The van der Waals surface area contributed by atoms with E-state index in [0.717, 1.165) is 6.42 Å². The molecule has 1 rings (SSSR count). The third-order valence-electron chi connectivity index (χ3n) is 1.81. The first-order valence-corrected chi connectivity index (χ1v) is 5.72. The molecule has 0 aliphatic rings. The van der Waals surface area contributed by atoms with Gasteiger partial charge in [-0.2, -0.15) is 12.6 Å². The van der Waals surface area contributed by atoms with Crippen molar-refractivity contribution < 1.29 is 4.79 Å². The van der Waals surface area contributed by atoms with Crippen LogP contribution in [0.3, 0.4) is 0 Å². The van der Waals surface area contributed by atoms with Crippen molar-refractivity contribution in [2.45, 2.75) is 19.9 Å². The Balaban J connectivity index is 2.49. The van der Waals surface area contributed by atoms with Crippen LogP contribution in [0.25, 0.3) is 0 Å². The maximum Gasteiger partial charge on any atom is 0.230 e. The fraction of sp³-hybridized carbons (Fsp3) is 0.444. The predicted molar refractivity (Wildman–Crippen MR) is 59.4 cm³/mol. The Labute approximate surface area is 87.8 Å². The average Bonchev–Trinajstić information content (AvgIpc) is 2.61. The van der Waals surface area contributed by atoms with Gasteiger partial charge in [0.15, 0.2) is 0 Å². The molecule has 0 unspecified atom stereocenters. The summed E-state index contributed by atoms with van der Waals surface area (Å²) in [6, 6.07) is 2.10. The van der Waals surface area contributed by atoms with Crippen molar-refractivity contribution in [2.75, 3.05) is 5.75 Å². The lowest BCUT2D eigenvalue weighted by molar-refractivity contribution is -0.118. The summed E-state index contributed by atoms with van der Waals surface area (Å²) >= 11 is 5.57. The van der Waals surface area contributed by atoms with E-state index in [0.29, 0.717) is 6.54 Å². The van der Waals surface area contributed by atoms with Gasteiger partial charge in [0.1, 0.15) is 0 Å². The third-order valence-corrected chi connectivity index (χ3v) is 3.06. The van der Waals surface area contributed by atoms with Crippen LogP contribution in [0.15, 0.2) is 11.4 Å². The highest BCUT2D eigenvalue weighted by atomic mass is 32.1. The van der Waals surface area contributed by atoms with E-state index in [1.807, 2.05) is 0 Å². The van der Waals surface area contributed by atoms with Gasteiger partial charge in [0.25, 0.3) is 0 Å². The van der Waals surface area contributed by atoms with Gasteiger partial charge in [-0.25, -0.2) is 0 Å². The Hall–Kier alpha value is -0.480. The zero-order valence-electron chi connectivity index (χ0n) is 7.54. The maximum atomic E-state index is 10.9. The van der Waals surface area contributed by atoms with Gasteiger partial charge in [0.2, 0.25) is 5.91 Å². The Bertz CT molecular complexity index is 283. The second-order valence-electron chi connectivity index (χ2n) is 2.66. The molecule has 0 atom stereocenters. The van der Waals surface area contributed by atoms with Crippen molar-refractivity contribution in [3.63, 3.8) is 0 Å². The van der Waals surface area contributed by atoms with E-state index < -0.39 is 0 Å². The van der Waals surface area contributed by atoms with Crippen LogP contribution in [0.4, 0.5) is 0 Å². The number of hydrogen-bond acceptors (Lipinski definition) is 3. The van der Waals surface area contributed by atoms with Gasteiger partial charge in [-0.3, -0.25) is 4.79 Å². The van der Waals surface area contributed by atoms with E-state index >= 15 is 0 Å². The van der Waals surface area contributed by atoms with Crippen LogP contribution >= 0.6 is 24.0 Å². The molecule has 1 heterocycles. The van der Waals surface area contributed by atoms with E-state index in [1.54, 1.807) is 11.3 Å². The number of aryl methyl sites for hydroxylation is 1. The number of carbonyl (C=O) groups excluding carboxylic acids is 1. The van der Waals surface area contributed by atoms with Crippen molar-refractivity contribution in [1.29, 1.82) is 0 Å². The molecule has 1 aromatic heterocycles. The lowest BCUT2D eigenvalue weighted by Gasteiger charge is -2.02. The van der Waals surface area contributed by atoms with E-state index in [-0.39, 0.29) is 11.7 Å². The first kappa shape index (κ1) is 10.6. The van der Waals surface area contributed by atoms with Gasteiger partial charge in [-0.15, -0.1) is 11.3 Å². The number of nitrogens with one attached hydrogen (secondary N) is 1. The van der Waals surface area contributed by atoms with Gasteiger partial charge < -0.3 is 5.32 Å². The Morgan fingerprint density at radius 3 is 3.08 bits per heavy atom. The summed E-state index contributed by atoms with van der Waals surface area (Å²) in [5.74, 6) is 0.242. The number of amides is 1. The summed E-state index contributed by atoms with van der Waals surface area (Å²) in [5.41, 5.74) is 1.32. The Morgan fingerprint density at radius 2 is 2.46 bits per heavy atom. The number of carbonyl (C=O) groups is 1. The number of thiol groups is 1. The largest absolute Gasteiger partial charge is 0.350 e. The van der Waals surface area contributed by atoms with E-state index in [4.69, 9.17) is 0 Å². The summed E-state index contributed by atoms with van der Waals surface area (Å²) in [6.45, 7) is 2.76. The van der Waals surface area contributed by atoms with Gasteiger partial charge in [-0.05, 0) is 23.4 Å². The van der Waals surface area contributed by atoms with Crippen molar-refractivity contribution in [3.8, 4) is 0 Å². The van der Waals surface area contributed by atoms with Crippen molar-refractivity contribution >= 4 is 29.9 Å². The molecular weight excluding hydrogens is 202 g/mol.